The highest BCUT2D eigenvalue weighted by molar-refractivity contribution is 6.04. The number of nitrogens with two attached hydrogens (primary N) is 2. The van der Waals surface area contributed by atoms with Crippen molar-refractivity contribution in [2.45, 2.75) is 6.54 Å². The molecule has 0 radical (unpaired) electrons. The molecular weight excluding hydrogens is 222 g/mol. The second-order valence-electron chi connectivity index (χ2n) is 4.37. The van der Waals surface area contributed by atoms with Gasteiger partial charge in [-0.15, -0.1) is 0 Å². The van der Waals surface area contributed by atoms with Crippen molar-refractivity contribution in [1.29, 1.82) is 0 Å². The Hall–Kier alpha value is -2.10. The Morgan fingerprint density at radius 3 is 2.28 bits per heavy atom. The molecule has 0 bridgehead atoms. The van der Waals surface area contributed by atoms with E-state index >= 15 is 0 Å². The molecule has 0 heterocycles. The fourth-order valence-electron chi connectivity index (χ4n) is 2.40. The Morgan fingerprint density at radius 1 is 0.889 bits per heavy atom. The highest BCUT2D eigenvalue weighted by Crippen LogP contribution is 2.30. The predicted molar refractivity (Wildman–Crippen MR) is 77.2 cm³/mol. The number of nitrogen functional groups attached to an aromatic ring is 1. The van der Waals surface area contributed by atoms with Crippen LogP contribution in [0.3, 0.4) is 0 Å². The van der Waals surface area contributed by atoms with Crippen molar-refractivity contribution in [3.05, 3.63) is 54.1 Å². The minimum Gasteiger partial charge on any atom is -0.326 e. The van der Waals surface area contributed by atoms with Crippen LogP contribution in [0.1, 0.15) is 5.56 Å². The van der Waals surface area contributed by atoms with Crippen LogP contribution in [0.4, 0.5) is 5.69 Å². The zero-order valence-corrected chi connectivity index (χ0v) is 9.98. The van der Waals surface area contributed by atoms with Crippen LogP contribution in [0.15, 0.2) is 48.5 Å². The number of hydrogen-bond acceptors (Lipinski definition) is 3. The summed E-state index contributed by atoms with van der Waals surface area (Å²) in [5, 5.41) is 4.71. The summed E-state index contributed by atoms with van der Waals surface area (Å²) in [6.45, 7) is 0.475. The third kappa shape index (κ3) is 1.61. The number of hydrazine groups is 1. The summed E-state index contributed by atoms with van der Waals surface area (Å²) in [6, 6.07) is 16.7. The number of nitrogens with one attached hydrogen (secondary N) is 1. The molecule has 3 rings (SSSR count). The molecule has 0 fully saturated rings. The molecule has 0 amide bonds. The normalized spacial score (nSPS) is 11.0. The summed E-state index contributed by atoms with van der Waals surface area (Å²) in [5.41, 5.74) is 10.5. The first-order valence-electron chi connectivity index (χ1n) is 5.94. The molecule has 3 aromatic carbocycles. The molecule has 0 aliphatic heterocycles. The maximum absolute atomic E-state index is 5.73. The van der Waals surface area contributed by atoms with Crippen molar-refractivity contribution < 1.29 is 0 Å². The number of anilines is 1. The quantitative estimate of drug-likeness (QED) is 0.365. The summed E-state index contributed by atoms with van der Waals surface area (Å²) in [7, 11) is 0. The standard InChI is InChI=1S/C15H15N3/c16-9-13-6-5-12-7-10-3-1-2-4-11(10)8-14(12)15(13)18-17/h1-8,18H,9,16-17H2. The van der Waals surface area contributed by atoms with Crippen molar-refractivity contribution in [3.63, 3.8) is 0 Å². The molecule has 0 atom stereocenters. The van der Waals surface area contributed by atoms with Crippen LogP contribution < -0.4 is 17.0 Å². The molecule has 0 unspecified atom stereocenters. The van der Waals surface area contributed by atoms with Crippen LogP contribution >= 0.6 is 0 Å². The Bertz CT molecular complexity index is 719. The van der Waals surface area contributed by atoms with Gasteiger partial charge in [0, 0.05) is 11.9 Å². The van der Waals surface area contributed by atoms with Gasteiger partial charge in [0.1, 0.15) is 0 Å². The van der Waals surface area contributed by atoms with E-state index in [9.17, 15) is 0 Å². The Kier molecular flexibility index (Phi) is 2.63. The van der Waals surface area contributed by atoms with Gasteiger partial charge in [0.2, 0.25) is 0 Å². The molecule has 3 nitrogen and oxygen atoms in total. The molecule has 0 aliphatic rings. The topological polar surface area (TPSA) is 64.1 Å². The summed E-state index contributed by atoms with van der Waals surface area (Å²) in [6.07, 6.45) is 0. The molecule has 18 heavy (non-hydrogen) atoms. The van der Waals surface area contributed by atoms with E-state index in [0.717, 1.165) is 16.6 Å². The number of hydrogen-bond donors (Lipinski definition) is 3. The van der Waals surface area contributed by atoms with E-state index in [-0.39, 0.29) is 0 Å². The lowest BCUT2D eigenvalue weighted by atomic mass is 10.00. The van der Waals surface area contributed by atoms with E-state index in [1.54, 1.807) is 0 Å². The van der Waals surface area contributed by atoms with E-state index < -0.39 is 0 Å². The highest BCUT2D eigenvalue weighted by atomic mass is 15.2. The molecular formula is C15H15N3. The maximum Gasteiger partial charge on any atom is 0.0608 e. The van der Waals surface area contributed by atoms with Gasteiger partial charge in [-0.2, -0.15) is 0 Å². The summed E-state index contributed by atoms with van der Waals surface area (Å²) >= 11 is 0. The zero-order chi connectivity index (χ0) is 12.5. The van der Waals surface area contributed by atoms with Crippen LogP contribution in [-0.2, 0) is 6.54 Å². The van der Waals surface area contributed by atoms with Crippen LogP contribution in [0, 0.1) is 0 Å². The number of fused-ring (bicyclic) bond motifs is 2. The van der Waals surface area contributed by atoms with Crippen molar-refractivity contribution in [2.75, 3.05) is 5.43 Å². The molecule has 5 N–H and O–H groups in total. The monoisotopic (exact) mass is 237 g/mol. The molecule has 3 heteroatoms. The third-order valence-electron chi connectivity index (χ3n) is 3.34. The van der Waals surface area contributed by atoms with Gasteiger partial charge < -0.3 is 11.2 Å². The van der Waals surface area contributed by atoms with Crippen molar-refractivity contribution in [2.24, 2.45) is 11.6 Å². The fraction of sp³-hybridized carbons (Fsp3) is 0.0667. The van der Waals surface area contributed by atoms with Gasteiger partial charge in [0.15, 0.2) is 0 Å². The van der Waals surface area contributed by atoms with Gasteiger partial charge in [-0.3, -0.25) is 5.84 Å². The Balaban J connectivity index is 2.42. The Labute approximate surface area is 105 Å². The minimum absolute atomic E-state index is 0.475. The van der Waals surface area contributed by atoms with Crippen LogP contribution in [0.2, 0.25) is 0 Å². The van der Waals surface area contributed by atoms with Crippen molar-refractivity contribution >= 4 is 27.2 Å². The van der Waals surface area contributed by atoms with Gasteiger partial charge in [0.25, 0.3) is 0 Å². The molecule has 90 valence electrons. The second-order valence-corrected chi connectivity index (χ2v) is 4.37. The van der Waals surface area contributed by atoms with Gasteiger partial charge >= 0.3 is 0 Å². The number of rotatable bonds is 2. The van der Waals surface area contributed by atoms with Gasteiger partial charge in [0.05, 0.1) is 5.69 Å². The van der Waals surface area contributed by atoms with Crippen molar-refractivity contribution in [1.82, 2.24) is 0 Å². The smallest absolute Gasteiger partial charge is 0.0608 e. The van der Waals surface area contributed by atoms with E-state index in [1.807, 2.05) is 18.2 Å². The first kappa shape index (κ1) is 11.0. The lowest BCUT2D eigenvalue weighted by Gasteiger charge is -2.12. The largest absolute Gasteiger partial charge is 0.326 e. The zero-order valence-electron chi connectivity index (χ0n) is 9.98. The van der Waals surface area contributed by atoms with Gasteiger partial charge in [-0.05, 0) is 33.9 Å². The molecule has 0 spiro atoms. The van der Waals surface area contributed by atoms with E-state index in [0.29, 0.717) is 6.54 Å². The minimum atomic E-state index is 0.475. The third-order valence-corrected chi connectivity index (χ3v) is 3.34. The summed E-state index contributed by atoms with van der Waals surface area (Å²) in [4.78, 5) is 0. The molecule has 0 saturated heterocycles. The SMILES string of the molecule is NCc1ccc2cc3ccccc3cc2c1NN. The molecule has 3 aromatic rings. The fourth-order valence-corrected chi connectivity index (χ4v) is 2.40. The first-order chi connectivity index (χ1) is 8.83. The van der Waals surface area contributed by atoms with Gasteiger partial charge in [-0.25, -0.2) is 0 Å². The van der Waals surface area contributed by atoms with Crippen LogP contribution in [0.5, 0.6) is 0 Å². The summed E-state index contributed by atoms with van der Waals surface area (Å²) in [5.74, 6) is 5.63. The second kappa shape index (κ2) is 4.29. The van der Waals surface area contributed by atoms with E-state index in [4.69, 9.17) is 11.6 Å². The van der Waals surface area contributed by atoms with E-state index in [1.165, 1.54) is 16.2 Å². The maximum atomic E-state index is 5.73. The average molecular weight is 237 g/mol. The predicted octanol–water partition coefficient (Wildman–Crippen LogP) is 2.74. The van der Waals surface area contributed by atoms with Crippen LogP contribution in [0.25, 0.3) is 21.5 Å². The average Bonchev–Trinajstić information content (AvgIpc) is 2.43. The molecule has 0 aromatic heterocycles. The van der Waals surface area contributed by atoms with Crippen LogP contribution in [-0.4, -0.2) is 0 Å². The first-order valence-corrected chi connectivity index (χ1v) is 5.94. The summed E-state index contributed by atoms with van der Waals surface area (Å²) < 4.78 is 0. The highest BCUT2D eigenvalue weighted by Gasteiger charge is 2.06. The molecule has 0 aliphatic carbocycles. The Morgan fingerprint density at radius 2 is 1.61 bits per heavy atom. The molecule has 0 saturated carbocycles. The van der Waals surface area contributed by atoms with Gasteiger partial charge in [-0.1, -0.05) is 36.4 Å². The lowest BCUT2D eigenvalue weighted by Crippen LogP contribution is -2.11. The van der Waals surface area contributed by atoms with E-state index in [2.05, 4.69) is 35.8 Å². The van der Waals surface area contributed by atoms with Crippen molar-refractivity contribution in [3.8, 4) is 0 Å². The number of benzene rings is 3. The lowest BCUT2D eigenvalue weighted by molar-refractivity contribution is 1.07.